The number of likely N-dealkylation sites (N-methyl/N-ethyl adjacent to an activating group) is 2. The highest BCUT2D eigenvalue weighted by atomic mass is 16.6. The van der Waals surface area contributed by atoms with Crippen LogP contribution in [-0.4, -0.2) is 75.5 Å². The van der Waals surface area contributed by atoms with E-state index in [1.54, 1.807) is 24.3 Å². The van der Waals surface area contributed by atoms with Gasteiger partial charge in [-0.05, 0) is 58.2 Å². The molecule has 0 fully saturated rings. The third kappa shape index (κ3) is 18.9. The Morgan fingerprint density at radius 3 is 1.45 bits per heavy atom. The second kappa shape index (κ2) is 22.6. The molecule has 1 aromatic rings. The lowest BCUT2D eigenvalue weighted by Crippen LogP contribution is -2.27. The highest BCUT2D eigenvalue weighted by Crippen LogP contribution is 2.15. The van der Waals surface area contributed by atoms with Crippen LogP contribution in [0.15, 0.2) is 24.3 Å². The summed E-state index contributed by atoms with van der Waals surface area (Å²) in [6.07, 6.45) is 14.2. The first kappa shape index (κ1) is 33.7. The van der Waals surface area contributed by atoms with Crippen molar-refractivity contribution in [2.24, 2.45) is 0 Å². The van der Waals surface area contributed by atoms with Crippen molar-refractivity contribution in [1.82, 2.24) is 9.80 Å². The molecular weight excluding hydrogens is 480 g/mol. The number of unbranched alkanes of at least 4 members (excludes halogenated alkanes) is 10. The first-order valence-corrected chi connectivity index (χ1v) is 14.8. The predicted octanol–water partition coefficient (Wildman–Crippen LogP) is 7.37. The maximum Gasteiger partial charge on any atom is 0.411 e. The van der Waals surface area contributed by atoms with Crippen molar-refractivity contribution in [2.75, 3.05) is 64.1 Å². The number of nitrogens with one attached hydrogen (secondary N) is 2. The molecule has 0 aliphatic carbocycles. The van der Waals surface area contributed by atoms with Crippen LogP contribution in [0.1, 0.15) is 90.9 Å². The summed E-state index contributed by atoms with van der Waals surface area (Å²) in [5, 5.41) is 5.43. The summed E-state index contributed by atoms with van der Waals surface area (Å²) in [5.41, 5.74) is 1.10. The van der Waals surface area contributed by atoms with Crippen LogP contribution >= 0.6 is 0 Å². The molecule has 0 aliphatic rings. The molecule has 0 saturated carbocycles. The molecule has 1 rings (SSSR count). The van der Waals surface area contributed by atoms with Gasteiger partial charge in [0.15, 0.2) is 0 Å². The number of benzene rings is 1. The Hall–Kier alpha value is -2.32. The first-order chi connectivity index (χ1) is 18.4. The van der Waals surface area contributed by atoms with Gasteiger partial charge in [0.25, 0.3) is 0 Å². The van der Waals surface area contributed by atoms with Crippen LogP contribution in [0.2, 0.25) is 0 Å². The second-order valence-corrected chi connectivity index (χ2v) is 10.2. The van der Waals surface area contributed by atoms with E-state index in [-0.39, 0.29) is 0 Å². The smallest absolute Gasteiger partial charge is 0.411 e. The van der Waals surface area contributed by atoms with Gasteiger partial charge < -0.3 is 19.3 Å². The number of carbonyl (C=O) groups excluding carboxylic acids is 2. The number of amides is 2. The minimum absolute atomic E-state index is 0.329. The lowest BCUT2D eigenvalue weighted by molar-refractivity contribution is 0.145. The molecule has 0 bridgehead atoms. The normalized spacial score (nSPS) is 11.1. The van der Waals surface area contributed by atoms with Gasteiger partial charge in [-0.15, -0.1) is 0 Å². The fourth-order valence-electron chi connectivity index (χ4n) is 4.12. The fourth-order valence-corrected chi connectivity index (χ4v) is 4.12. The van der Waals surface area contributed by atoms with Crippen LogP contribution in [-0.2, 0) is 9.47 Å². The molecule has 2 N–H and O–H groups in total. The molecule has 8 heteroatoms. The Balaban J connectivity index is 2.19. The van der Waals surface area contributed by atoms with Gasteiger partial charge in [0.05, 0.1) is 0 Å². The van der Waals surface area contributed by atoms with Gasteiger partial charge in [-0.2, -0.15) is 0 Å². The monoisotopic (exact) mass is 534 g/mol. The zero-order chi connectivity index (χ0) is 27.8. The molecule has 0 atom stereocenters. The second-order valence-electron chi connectivity index (χ2n) is 10.2. The number of hydrogen-bond acceptors (Lipinski definition) is 6. The van der Waals surface area contributed by atoms with E-state index in [0.717, 1.165) is 13.1 Å². The molecule has 0 aromatic heterocycles. The Morgan fingerprint density at radius 2 is 1.03 bits per heavy atom. The summed E-state index contributed by atoms with van der Waals surface area (Å²) >= 11 is 0. The molecule has 0 heterocycles. The highest BCUT2D eigenvalue weighted by Gasteiger charge is 2.08. The van der Waals surface area contributed by atoms with Crippen LogP contribution < -0.4 is 10.6 Å². The Bertz CT molecular complexity index is 689. The zero-order valence-corrected chi connectivity index (χ0v) is 24.6. The van der Waals surface area contributed by atoms with E-state index >= 15 is 0 Å². The van der Waals surface area contributed by atoms with Crippen molar-refractivity contribution in [3.63, 3.8) is 0 Å². The molecule has 1 aromatic carbocycles. The largest absolute Gasteiger partial charge is 0.448 e. The van der Waals surface area contributed by atoms with Crippen molar-refractivity contribution in [1.29, 1.82) is 0 Å². The van der Waals surface area contributed by atoms with Gasteiger partial charge in [-0.3, -0.25) is 10.6 Å². The third-order valence-electron chi connectivity index (χ3n) is 6.55. The van der Waals surface area contributed by atoms with Crippen molar-refractivity contribution in [3.8, 4) is 0 Å². The third-order valence-corrected chi connectivity index (χ3v) is 6.55. The number of rotatable bonds is 22. The summed E-state index contributed by atoms with van der Waals surface area (Å²) in [4.78, 5) is 28.7. The predicted molar refractivity (Wildman–Crippen MR) is 158 cm³/mol. The molecule has 0 saturated heterocycles. The number of anilines is 2. The average Bonchev–Trinajstić information content (AvgIpc) is 2.88. The van der Waals surface area contributed by atoms with Crippen molar-refractivity contribution in [3.05, 3.63) is 24.3 Å². The van der Waals surface area contributed by atoms with Crippen LogP contribution in [0.4, 0.5) is 21.0 Å². The number of ether oxygens (including phenoxy) is 2. The number of nitrogens with zero attached hydrogens (tertiary/aromatic N) is 2. The Labute approximate surface area is 231 Å². The Morgan fingerprint density at radius 1 is 0.632 bits per heavy atom. The lowest BCUT2D eigenvalue weighted by Gasteiger charge is -2.17. The van der Waals surface area contributed by atoms with E-state index in [4.69, 9.17) is 9.47 Å². The quantitative estimate of drug-likeness (QED) is 0.151. The SMILES string of the molecule is CCCCCCCCN(C)CCOC(=O)Nc1cccc(NC(=O)OCCN(C)CCCCCCCC)c1. The molecule has 0 aliphatic heterocycles. The minimum atomic E-state index is -0.508. The molecule has 8 nitrogen and oxygen atoms in total. The van der Waals surface area contributed by atoms with Gasteiger partial charge in [0.2, 0.25) is 0 Å². The van der Waals surface area contributed by atoms with E-state index in [9.17, 15) is 9.59 Å². The molecule has 0 unspecified atom stereocenters. The van der Waals surface area contributed by atoms with Crippen LogP contribution in [0, 0.1) is 0 Å². The van der Waals surface area contributed by atoms with E-state index in [2.05, 4.69) is 48.4 Å². The van der Waals surface area contributed by atoms with Gasteiger partial charge >= 0.3 is 12.2 Å². The lowest BCUT2D eigenvalue weighted by atomic mass is 10.1. The summed E-state index contributed by atoms with van der Waals surface area (Å²) < 4.78 is 10.6. The van der Waals surface area contributed by atoms with Gasteiger partial charge in [-0.25, -0.2) is 9.59 Å². The molecule has 2 amide bonds. The molecular formula is C30H54N4O4. The summed E-state index contributed by atoms with van der Waals surface area (Å²) in [6.45, 7) is 8.53. The van der Waals surface area contributed by atoms with Crippen molar-refractivity contribution >= 4 is 23.6 Å². The number of carbonyl (C=O) groups is 2. The molecule has 0 radical (unpaired) electrons. The summed E-state index contributed by atoms with van der Waals surface area (Å²) in [6, 6.07) is 6.94. The van der Waals surface area contributed by atoms with Gasteiger partial charge in [0, 0.05) is 24.5 Å². The first-order valence-electron chi connectivity index (χ1n) is 14.8. The van der Waals surface area contributed by atoms with Crippen molar-refractivity contribution in [2.45, 2.75) is 90.9 Å². The minimum Gasteiger partial charge on any atom is -0.448 e. The van der Waals surface area contributed by atoms with Crippen LogP contribution in [0.3, 0.4) is 0 Å². The van der Waals surface area contributed by atoms with E-state index in [0.29, 0.717) is 37.7 Å². The van der Waals surface area contributed by atoms with E-state index < -0.39 is 12.2 Å². The summed E-state index contributed by atoms with van der Waals surface area (Å²) in [5.74, 6) is 0. The molecule has 38 heavy (non-hydrogen) atoms. The van der Waals surface area contributed by atoms with Crippen molar-refractivity contribution < 1.29 is 19.1 Å². The van der Waals surface area contributed by atoms with Crippen LogP contribution in [0.5, 0.6) is 0 Å². The maximum atomic E-state index is 12.2. The topological polar surface area (TPSA) is 83.1 Å². The Kier molecular flexibility index (Phi) is 20.1. The number of hydrogen-bond donors (Lipinski definition) is 2. The van der Waals surface area contributed by atoms with E-state index in [1.807, 2.05) is 0 Å². The van der Waals surface area contributed by atoms with Gasteiger partial charge in [-0.1, -0.05) is 84.1 Å². The average molecular weight is 535 g/mol. The summed E-state index contributed by atoms with van der Waals surface area (Å²) in [7, 11) is 4.10. The van der Waals surface area contributed by atoms with E-state index in [1.165, 1.54) is 77.0 Å². The maximum absolute atomic E-state index is 12.2. The standard InChI is InChI=1S/C30H54N4O4/c1-5-7-9-11-13-15-20-33(3)22-24-37-29(35)31-27-18-17-19-28(26-27)32-30(36)38-25-23-34(4)21-16-14-12-10-8-6-2/h17-19,26H,5-16,20-25H2,1-4H3,(H,31,35)(H,32,36). The molecule has 218 valence electrons. The van der Waals surface area contributed by atoms with Gasteiger partial charge in [0.1, 0.15) is 13.2 Å². The van der Waals surface area contributed by atoms with Crippen LogP contribution in [0.25, 0.3) is 0 Å². The highest BCUT2D eigenvalue weighted by molar-refractivity contribution is 5.88. The zero-order valence-electron chi connectivity index (χ0n) is 24.6. The molecule has 0 spiro atoms. The fraction of sp³-hybridized carbons (Fsp3) is 0.733.